The van der Waals surface area contributed by atoms with E-state index in [1.807, 2.05) is 32.6 Å². The first kappa shape index (κ1) is 24.3. The monoisotopic (exact) mass is 475 g/mol. The van der Waals surface area contributed by atoms with Gasteiger partial charge in [-0.3, -0.25) is 9.59 Å². The number of hydrogen-bond acceptors (Lipinski definition) is 7. The van der Waals surface area contributed by atoms with Crippen molar-refractivity contribution in [3.8, 4) is 0 Å². The van der Waals surface area contributed by atoms with Crippen LogP contribution in [0.3, 0.4) is 0 Å². The highest BCUT2D eigenvalue weighted by Gasteiger charge is 2.48. The van der Waals surface area contributed by atoms with Crippen molar-refractivity contribution >= 4 is 29.2 Å². The molecule has 3 aliphatic rings. The lowest BCUT2D eigenvalue weighted by Crippen LogP contribution is -2.52. The first-order valence-corrected chi connectivity index (χ1v) is 12.1. The predicted octanol–water partition coefficient (Wildman–Crippen LogP) is 3.62. The lowest BCUT2D eigenvalue weighted by Gasteiger charge is -2.42. The minimum Gasteiger partial charge on any atom is -0.465 e. The third-order valence-electron chi connectivity index (χ3n) is 6.57. The van der Waals surface area contributed by atoms with E-state index in [4.69, 9.17) is 9.47 Å². The highest BCUT2D eigenvalue weighted by Crippen LogP contribution is 2.44. The van der Waals surface area contributed by atoms with Crippen molar-refractivity contribution in [3.05, 3.63) is 23.5 Å². The quantitative estimate of drug-likeness (QED) is 0.486. The van der Waals surface area contributed by atoms with E-state index < -0.39 is 29.1 Å². The molecule has 2 aliphatic heterocycles. The fraction of sp³-hybridized carbons (Fsp3) is 0.640. The van der Waals surface area contributed by atoms with Gasteiger partial charge in [0.25, 0.3) is 0 Å². The molecule has 2 atom stereocenters. The van der Waals surface area contributed by atoms with Crippen LogP contribution >= 0.6 is 0 Å². The number of benzene rings is 1. The molecule has 1 aromatic carbocycles. The van der Waals surface area contributed by atoms with Crippen LogP contribution in [0.2, 0.25) is 0 Å². The van der Waals surface area contributed by atoms with Crippen molar-refractivity contribution in [2.24, 2.45) is 5.92 Å². The largest absolute Gasteiger partial charge is 0.465 e. The van der Waals surface area contributed by atoms with Crippen LogP contribution in [-0.4, -0.2) is 73.2 Å². The van der Waals surface area contributed by atoms with Gasteiger partial charge in [-0.1, -0.05) is 0 Å². The van der Waals surface area contributed by atoms with Crippen LogP contribution in [0.25, 0.3) is 0 Å². The summed E-state index contributed by atoms with van der Waals surface area (Å²) in [4.78, 5) is 43.8. The maximum atomic E-state index is 15.3. The number of ether oxygens (including phenoxy) is 2. The molecule has 186 valence electrons. The van der Waals surface area contributed by atoms with Gasteiger partial charge < -0.3 is 24.2 Å². The minimum absolute atomic E-state index is 0.189. The second-order valence-corrected chi connectivity index (χ2v) is 10.2. The molecule has 1 aromatic rings. The van der Waals surface area contributed by atoms with Gasteiger partial charge in [-0.2, -0.15) is 0 Å². The number of fused-ring (bicyclic) bond motifs is 1. The highest BCUT2D eigenvalue weighted by atomic mass is 19.1. The number of piperazine rings is 1. The minimum atomic E-state index is -0.962. The summed E-state index contributed by atoms with van der Waals surface area (Å²) < 4.78 is 25.9. The summed E-state index contributed by atoms with van der Waals surface area (Å²) in [5, 5.41) is 0. The molecule has 0 bridgehead atoms. The zero-order valence-electron chi connectivity index (χ0n) is 20.6. The average molecular weight is 476 g/mol. The van der Waals surface area contributed by atoms with Crippen molar-refractivity contribution in [1.82, 2.24) is 4.90 Å². The van der Waals surface area contributed by atoms with E-state index in [0.717, 1.165) is 12.8 Å². The smallest absolute Gasteiger partial charge is 0.410 e. The Morgan fingerprint density at radius 3 is 2.29 bits per heavy atom. The molecule has 4 rings (SSSR count). The third kappa shape index (κ3) is 4.70. The summed E-state index contributed by atoms with van der Waals surface area (Å²) in [6.07, 6.45) is 1.56. The molecule has 1 saturated heterocycles. The highest BCUT2D eigenvalue weighted by molar-refractivity contribution is 6.14. The Kier molecular flexibility index (Phi) is 6.48. The van der Waals surface area contributed by atoms with E-state index in [9.17, 15) is 14.4 Å². The maximum Gasteiger partial charge on any atom is 0.410 e. The Hall–Kier alpha value is -2.84. The molecule has 0 aromatic heterocycles. The van der Waals surface area contributed by atoms with Gasteiger partial charge in [-0.15, -0.1) is 0 Å². The molecule has 34 heavy (non-hydrogen) atoms. The second kappa shape index (κ2) is 9.07. The fourth-order valence-corrected chi connectivity index (χ4v) is 4.85. The molecule has 9 heteroatoms. The predicted molar refractivity (Wildman–Crippen MR) is 126 cm³/mol. The van der Waals surface area contributed by atoms with Crippen molar-refractivity contribution in [1.29, 1.82) is 0 Å². The third-order valence-corrected chi connectivity index (χ3v) is 6.57. The normalized spacial score (nSPS) is 23.0. The Bertz CT molecular complexity index is 979. The Morgan fingerprint density at radius 2 is 1.74 bits per heavy atom. The zero-order chi connectivity index (χ0) is 24.8. The van der Waals surface area contributed by atoms with Gasteiger partial charge in [0.1, 0.15) is 17.3 Å². The van der Waals surface area contributed by atoms with Crippen molar-refractivity contribution in [2.45, 2.75) is 65.1 Å². The summed E-state index contributed by atoms with van der Waals surface area (Å²) in [5.74, 6) is -2.42. The Labute approximate surface area is 200 Å². The summed E-state index contributed by atoms with van der Waals surface area (Å²) in [5.41, 5.74) is 0.737. The first-order chi connectivity index (χ1) is 16.0. The number of amides is 1. The molecule has 2 heterocycles. The average Bonchev–Trinajstić information content (AvgIpc) is 3.58. The summed E-state index contributed by atoms with van der Waals surface area (Å²) in [7, 11) is 0. The molecule has 8 nitrogen and oxygen atoms in total. The lowest BCUT2D eigenvalue weighted by atomic mass is 9.84. The number of carbonyl (C=O) groups excluding carboxylic acids is 3. The van der Waals surface area contributed by atoms with E-state index in [1.165, 1.54) is 6.07 Å². The number of anilines is 2. The summed E-state index contributed by atoms with van der Waals surface area (Å²) in [6, 6.07) is 2.86. The second-order valence-electron chi connectivity index (χ2n) is 10.2. The van der Waals surface area contributed by atoms with Crippen LogP contribution in [0.15, 0.2) is 12.1 Å². The number of rotatable bonds is 4. The van der Waals surface area contributed by atoms with E-state index in [2.05, 4.69) is 4.90 Å². The van der Waals surface area contributed by atoms with Crippen molar-refractivity contribution < 1.29 is 28.2 Å². The number of esters is 1. The Morgan fingerprint density at radius 1 is 1.09 bits per heavy atom. The van der Waals surface area contributed by atoms with E-state index in [-0.39, 0.29) is 30.3 Å². The van der Waals surface area contributed by atoms with Crippen LogP contribution in [-0.2, 0) is 14.3 Å². The number of carbonyl (C=O) groups is 3. The van der Waals surface area contributed by atoms with E-state index in [1.54, 1.807) is 17.9 Å². The van der Waals surface area contributed by atoms with Crippen molar-refractivity contribution in [3.63, 3.8) is 0 Å². The van der Waals surface area contributed by atoms with Gasteiger partial charge in [0, 0.05) is 43.8 Å². The SMILES string of the molecule is CCOC(=O)[C@H]1C(=O)c2cc(F)c(N3CCN(C(=O)OC(C)(C)C)CC3)cc2N(C2CC2)[C@@H]1C. The molecule has 1 saturated carbocycles. The fourth-order valence-electron chi connectivity index (χ4n) is 4.85. The van der Waals surface area contributed by atoms with Gasteiger partial charge in [0.05, 0.1) is 18.0 Å². The van der Waals surface area contributed by atoms with Crippen LogP contribution in [0, 0.1) is 11.7 Å². The number of hydrogen-bond donors (Lipinski definition) is 0. The van der Waals surface area contributed by atoms with Crippen LogP contribution < -0.4 is 9.80 Å². The van der Waals surface area contributed by atoms with Gasteiger partial charge in [0.15, 0.2) is 5.78 Å². The molecule has 0 radical (unpaired) electrons. The van der Waals surface area contributed by atoms with Gasteiger partial charge >= 0.3 is 12.1 Å². The van der Waals surface area contributed by atoms with Gasteiger partial charge in [-0.25, -0.2) is 9.18 Å². The first-order valence-electron chi connectivity index (χ1n) is 12.1. The molecule has 1 aliphatic carbocycles. The maximum absolute atomic E-state index is 15.3. The van der Waals surface area contributed by atoms with Crippen LogP contribution in [0.5, 0.6) is 0 Å². The molecular weight excluding hydrogens is 441 g/mol. The zero-order valence-corrected chi connectivity index (χ0v) is 20.6. The van der Waals surface area contributed by atoms with Crippen molar-refractivity contribution in [2.75, 3.05) is 42.6 Å². The van der Waals surface area contributed by atoms with Crippen LogP contribution in [0.1, 0.15) is 57.8 Å². The Balaban J connectivity index is 1.58. The van der Waals surface area contributed by atoms with Gasteiger partial charge in [-0.05, 0) is 59.6 Å². The summed E-state index contributed by atoms with van der Waals surface area (Å²) in [6.45, 7) is 11.0. The lowest BCUT2D eigenvalue weighted by molar-refractivity contribution is -0.146. The topological polar surface area (TPSA) is 79.4 Å². The standard InChI is InChI=1S/C25H34FN3O5/c1-6-33-23(31)21-15(2)29(16-7-8-16)19-14-20(18(26)13-17(19)22(21)30)27-9-11-28(12-10-27)24(32)34-25(3,4)5/h13-16,21H,6-12H2,1-5H3/t15-,21-/m1/s1. The van der Waals surface area contributed by atoms with Gasteiger partial charge in [0.2, 0.25) is 0 Å². The van der Waals surface area contributed by atoms with E-state index in [0.29, 0.717) is 37.6 Å². The number of nitrogens with zero attached hydrogens (tertiary/aromatic N) is 3. The molecule has 0 unspecified atom stereocenters. The summed E-state index contributed by atoms with van der Waals surface area (Å²) >= 11 is 0. The van der Waals surface area contributed by atoms with E-state index >= 15 is 4.39 Å². The number of Topliss-reactive ketones (excluding diaryl/α,β-unsaturated/α-hetero) is 1. The number of halogens is 1. The number of ketones is 1. The molecule has 0 spiro atoms. The molecular formula is C25H34FN3O5. The molecule has 0 N–H and O–H groups in total. The molecule has 2 fully saturated rings. The van der Waals surface area contributed by atoms with Crippen LogP contribution in [0.4, 0.5) is 20.6 Å². The molecule has 1 amide bonds.